The van der Waals surface area contributed by atoms with Crippen LogP contribution < -0.4 is 5.32 Å². The summed E-state index contributed by atoms with van der Waals surface area (Å²) in [5, 5.41) is 8.44. The summed E-state index contributed by atoms with van der Waals surface area (Å²) in [6.07, 6.45) is 5.57. The van der Waals surface area contributed by atoms with E-state index < -0.39 is 0 Å². The number of rotatable bonds is 4. The lowest BCUT2D eigenvalue weighted by Gasteiger charge is -2.08. The first-order valence-electron chi connectivity index (χ1n) is 7.12. The molecule has 0 aliphatic heterocycles. The Labute approximate surface area is 119 Å². The quantitative estimate of drug-likeness (QED) is 0.534. The number of hydrogen-bond donors (Lipinski definition) is 1. The van der Waals surface area contributed by atoms with Crippen LogP contribution in [0, 0.1) is 0 Å². The van der Waals surface area contributed by atoms with Crippen LogP contribution in [0.25, 0.3) is 27.6 Å². The van der Waals surface area contributed by atoms with Gasteiger partial charge in [-0.1, -0.05) is 60.7 Å². The summed E-state index contributed by atoms with van der Waals surface area (Å²) in [5.74, 6) is 0. The molecule has 0 aliphatic rings. The number of hydrogen-bond acceptors (Lipinski definition) is 1. The van der Waals surface area contributed by atoms with Gasteiger partial charge in [0.15, 0.2) is 0 Å². The van der Waals surface area contributed by atoms with Crippen LogP contribution in [-0.4, -0.2) is 13.6 Å². The van der Waals surface area contributed by atoms with Crippen LogP contribution >= 0.6 is 0 Å². The average Bonchev–Trinajstić information content (AvgIpc) is 2.50. The second kappa shape index (κ2) is 5.89. The van der Waals surface area contributed by atoms with Gasteiger partial charge in [0, 0.05) is 0 Å². The molecule has 0 unspecified atom stereocenters. The third-order valence-electron chi connectivity index (χ3n) is 3.66. The molecule has 0 fully saturated rings. The zero-order valence-electron chi connectivity index (χ0n) is 11.8. The molecule has 0 aromatic heterocycles. The lowest BCUT2D eigenvalue weighted by molar-refractivity contribution is 0.809. The Bertz CT molecular complexity index is 702. The normalized spacial score (nSPS) is 11.7. The molecule has 1 N–H and O–H groups in total. The minimum atomic E-state index is 1.01. The second-order valence-corrected chi connectivity index (χ2v) is 5.03. The molecular weight excluding hydrogens is 242 g/mol. The van der Waals surface area contributed by atoms with Crippen molar-refractivity contribution in [3.8, 4) is 0 Å². The zero-order valence-corrected chi connectivity index (χ0v) is 11.8. The SMILES string of the molecule is CNCCC=Cc1c2ccccc2cc2ccccc12. The minimum absolute atomic E-state index is 1.01. The molecule has 100 valence electrons. The molecule has 0 heterocycles. The van der Waals surface area contributed by atoms with Crippen LogP contribution in [0.15, 0.2) is 60.7 Å². The van der Waals surface area contributed by atoms with Crippen molar-refractivity contribution in [1.29, 1.82) is 0 Å². The molecule has 3 rings (SSSR count). The summed E-state index contributed by atoms with van der Waals surface area (Å²) < 4.78 is 0. The van der Waals surface area contributed by atoms with Crippen molar-refractivity contribution in [3.63, 3.8) is 0 Å². The minimum Gasteiger partial charge on any atom is -0.319 e. The van der Waals surface area contributed by atoms with E-state index in [1.165, 1.54) is 27.1 Å². The topological polar surface area (TPSA) is 12.0 Å². The maximum atomic E-state index is 3.18. The van der Waals surface area contributed by atoms with Crippen LogP contribution in [0.1, 0.15) is 12.0 Å². The Kier molecular flexibility index (Phi) is 3.80. The Morgan fingerprint density at radius 1 is 0.900 bits per heavy atom. The highest BCUT2D eigenvalue weighted by molar-refractivity contribution is 6.06. The lowest BCUT2D eigenvalue weighted by atomic mass is 9.96. The molecule has 20 heavy (non-hydrogen) atoms. The third kappa shape index (κ3) is 2.45. The maximum Gasteiger partial charge on any atom is -0.00172 e. The Morgan fingerprint density at radius 3 is 2.10 bits per heavy atom. The lowest BCUT2D eigenvalue weighted by Crippen LogP contribution is -2.05. The van der Waals surface area contributed by atoms with Crippen molar-refractivity contribution < 1.29 is 0 Å². The van der Waals surface area contributed by atoms with Gasteiger partial charge in [0.25, 0.3) is 0 Å². The van der Waals surface area contributed by atoms with Gasteiger partial charge in [-0.3, -0.25) is 0 Å². The van der Waals surface area contributed by atoms with Crippen molar-refractivity contribution in [2.24, 2.45) is 0 Å². The summed E-state index contributed by atoms with van der Waals surface area (Å²) in [6.45, 7) is 1.01. The zero-order chi connectivity index (χ0) is 13.8. The molecule has 0 saturated carbocycles. The van der Waals surface area contributed by atoms with Crippen LogP contribution in [0.2, 0.25) is 0 Å². The van der Waals surface area contributed by atoms with E-state index in [1.54, 1.807) is 0 Å². The number of benzene rings is 3. The molecule has 0 atom stereocenters. The monoisotopic (exact) mass is 261 g/mol. The Morgan fingerprint density at radius 2 is 1.50 bits per heavy atom. The highest BCUT2D eigenvalue weighted by atomic mass is 14.8. The van der Waals surface area contributed by atoms with Gasteiger partial charge in [-0.15, -0.1) is 0 Å². The van der Waals surface area contributed by atoms with Crippen LogP contribution in [0.4, 0.5) is 0 Å². The summed E-state index contributed by atoms with van der Waals surface area (Å²) in [7, 11) is 1.99. The van der Waals surface area contributed by atoms with E-state index in [0.717, 1.165) is 13.0 Å². The van der Waals surface area contributed by atoms with Crippen LogP contribution in [-0.2, 0) is 0 Å². The van der Waals surface area contributed by atoms with Gasteiger partial charge in [0.2, 0.25) is 0 Å². The number of nitrogens with one attached hydrogen (secondary N) is 1. The highest BCUT2D eigenvalue weighted by Gasteiger charge is 2.04. The van der Waals surface area contributed by atoms with Crippen molar-refractivity contribution in [2.75, 3.05) is 13.6 Å². The first kappa shape index (κ1) is 12.9. The van der Waals surface area contributed by atoms with E-state index in [4.69, 9.17) is 0 Å². The van der Waals surface area contributed by atoms with E-state index in [2.05, 4.69) is 72.1 Å². The fourth-order valence-corrected chi connectivity index (χ4v) is 2.66. The van der Waals surface area contributed by atoms with Gasteiger partial charge >= 0.3 is 0 Å². The van der Waals surface area contributed by atoms with Gasteiger partial charge in [-0.05, 0) is 53.2 Å². The maximum absolute atomic E-state index is 3.18. The summed E-state index contributed by atoms with van der Waals surface area (Å²) in [5.41, 5.74) is 1.33. The van der Waals surface area contributed by atoms with Gasteiger partial charge in [-0.25, -0.2) is 0 Å². The molecule has 0 amide bonds. The van der Waals surface area contributed by atoms with Crippen molar-refractivity contribution in [3.05, 3.63) is 66.2 Å². The Balaban J connectivity index is 2.20. The molecule has 0 bridgehead atoms. The molecule has 0 radical (unpaired) electrons. The standard InChI is InChI=1S/C19H19N/c1-20-13-7-6-12-19-17-10-4-2-8-15(17)14-16-9-3-5-11-18(16)19/h2-6,8-12,14,20H,7,13H2,1H3. The molecule has 1 nitrogen and oxygen atoms in total. The molecule has 3 aromatic rings. The van der Waals surface area contributed by atoms with Crippen LogP contribution in [0.5, 0.6) is 0 Å². The predicted octanol–water partition coefficient (Wildman–Crippen LogP) is 4.62. The summed E-state index contributed by atoms with van der Waals surface area (Å²) >= 11 is 0. The van der Waals surface area contributed by atoms with Gasteiger partial charge in [0.05, 0.1) is 0 Å². The first-order chi connectivity index (χ1) is 9.90. The van der Waals surface area contributed by atoms with Gasteiger partial charge < -0.3 is 5.32 Å². The van der Waals surface area contributed by atoms with E-state index >= 15 is 0 Å². The van der Waals surface area contributed by atoms with Crippen molar-refractivity contribution in [2.45, 2.75) is 6.42 Å². The van der Waals surface area contributed by atoms with E-state index in [-0.39, 0.29) is 0 Å². The molecule has 1 heteroatoms. The van der Waals surface area contributed by atoms with Crippen LogP contribution in [0.3, 0.4) is 0 Å². The average molecular weight is 261 g/mol. The van der Waals surface area contributed by atoms with E-state index in [1.807, 2.05) is 7.05 Å². The first-order valence-corrected chi connectivity index (χ1v) is 7.12. The Hall–Kier alpha value is -2.12. The fraction of sp³-hybridized carbons (Fsp3) is 0.158. The molecule has 3 aromatic carbocycles. The van der Waals surface area contributed by atoms with E-state index in [0.29, 0.717) is 0 Å². The summed E-state index contributed by atoms with van der Waals surface area (Å²) in [6, 6.07) is 19.5. The predicted molar refractivity (Wildman–Crippen MR) is 89.0 cm³/mol. The summed E-state index contributed by atoms with van der Waals surface area (Å²) in [4.78, 5) is 0. The smallest absolute Gasteiger partial charge is 0.00172 e. The largest absolute Gasteiger partial charge is 0.319 e. The van der Waals surface area contributed by atoms with Crippen molar-refractivity contribution >= 4 is 27.6 Å². The molecule has 0 aliphatic carbocycles. The van der Waals surface area contributed by atoms with Crippen molar-refractivity contribution in [1.82, 2.24) is 5.32 Å². The second-order valence-electron chi connectivity index (χ2n) is 5.03. The molecule has 0 spiro atoms. The fourth-order valence-electron chi connectivity index (χ4n) is 2.66. The molecule has 0 saturated heterocycles. The third-order valence-corrected chi connectivity index (χ3v) is 3.66. The highest BCUT2D eigenvalue weighted by Crippen LogP contribution is 2.29. The number of fused-ring (bicyclic) bond motifs is 2. The van der Waals surface area contributed by atoms with E-state index in [9.17, 15) is 0 Å². The molecular formula is C19H19N. The van der Waals surface area contributed by atoms with Gasteiger partial charge in [-0.2, -0.15) is 0 Å². The van der Waals surface area contributed by atoms with Gasteiger partial charge in [0.1, 0.15) is 0 Å².